The monoisotopic (exact) mass is 308 g/mol. The van der Waals surface area contributed by atoms with Crippen LogP contribution in [-0.4, -0.2) is 18.1 Å². The van der Waals surface area contributed by atoms with E-state index in [1.807, 2.05) is 57.2 Å². The Hall–Kier alpha value is -2.62. The Morgan fingerprint density at radius 3 is 2.57 bits per heavy atom. The van der Waals surface area contributed by atoms with E-state index in [1.165, 1.54) is 0 Å². The van der Waals surface area contributed by atoms with Crippen LogP contribution in [0.15, 0.2) is 40.9 Å². The number of rotatable bonds is 3. The number of benzene rings is 2. The van der Waals surface area contributed by atoms with Crippen molar-refractivity contribution in [1.82, 2.24) is 5.16 Å². The van der Waals surface area contributed by atoms with Gasteiger partial charge in [-0.25, -0.2) is 0 Å². The van der Waals surface area contributed by atoms with Crippen molar-refractivity contribution in [2.75, 3.05) is 11.9 Å². The van der Waals surface area contributed by atoms with E-state index in [4.69, 9.17) is 4.52 Å². The van der Waals surface area contributed by atoms with E-state index in [-0.39, 0.29) is 12.3 Å². The van der Waals surface area contributed by atoms with Gasteiger partial charge in [0.1, 0.15) is 5.69 Å². The first-order valence-corrected chi connectivity index (χ1v) is 7.64. The highest BCUT2D eigenvalue weighted by Gasteiger charge is 2.18. The zero-order valence-corrected chi connectivity index (χ0v) is 13.9. The Kier molecular flexibility index (Phi) is 3.90. The van der Waals surface area contributed by atoms with Crippen LogP contribution in [0.1, 0.15) is 22.4 Å². The van der Waals surface area contributed by atoms with Crippen molar-refractivity contribution >= 4 is 22.6 Å². The molecule has 3 aromatic rings. The van der Waals surface area contributed by atoms with Gasteiger partial charge in [-0.1, -0.05) is 28.9 Å². The summed E-state index contributed by atoms with van der Waals surface area (Å²) in [7, 11) is 1.80. The van der Waals surface area contributed by atoms with E-state index in [9.17, 15) is 4.79 Å². The summed E-state index contributed by atoms with van der Waals surface area (Å²) < 4.78 is 5.31. The van der Waals surface area contributed by atoms with Crippen LogP contribution in [0.4, 0.5) is 5.69 Å². The van der Waals surface area contributed by atoms with Crippen LogP contribution in [0, 0.1) is 20.8 Å². The molecule has 4 nitrogen and oxygen atoms in total. The maximum atomic E-state index is 12.6. The lowest BCUT2D eigenvalue weighted by atomic mass is 10.1. The van der Waals surface area contributed by atoms with Crippen molar-refractivity contribution in [2.24, 2.45) is 0 Å². The predicted molar refractivity (Wildman–Crippen MR) is 91.8 cm³/mol. The van der Waals surface area contributed by atoms with Crippen LogP contribution in [0.2, 0.25) is 0 Å². The van der Waals surface area contributed by atoms with Crippen LogP contribution >= 0.6 is 0 Å². The van der Waals surface area contributed by atoms with E-state index < -0.39 is 0 Å². The van der Waals surface area contributed by atoms with Gasteiger partial charge in [-0.2, -0.15) is 0 Å². The summed E-state index contributed by atoms with van der Waals surface area (Å²) in [6, 6.07) is 12.0. The molecule has 0 saturated carbocycles. The lowest BCUT2D eigenvalue weighted by Gasteiger charge is -2.19. The normalized spacial score (nSPS) is 11.0. The molecular weight excluding hydrogens is 288 g/mol. The molecule has 1 aromatic heterocycles. The Balaban J connectivity index is 1.88. The molecule has 0 N–H and O–H groups in total. The first kappa shape index (κ1) is 15.3. The van der Waals surface area contributed by atoms with Gasteiger partial charge >= 0.3 is 0 Å². The van der Waals surface area contributed by atoms with Gasteiger partial charge < -0.3 is 9.42 Å². The van der Waals surface area contributed by atoms with Crippen molar-refractivity contribution in [1.29, 1.82) is 0 Å². The fourth-order valence-corrected chi connectivity index (χ4v) is 2.71. The minimum Gasteiger partial charge on any atom is -0.356 e. The minimum absolute atomic E-state index is 0.00425. The fourth-order valence-electron chi connectivity index (χ4n) is 2.71. The number of nitrogens with zero attached hydrogens (tertiary/aromatic N) is 2. The van der Waals surface area contributed by atoms with Crippen molar-refractivity contribution in [2.45, 2.75) is 27.2 Å². The highest BCUT2D eigenvalue weighted by molar-refractivity contribution is 5.97. The van der Waals surface area contributed by atoms with Crippen LogP contribution in [0.5, 0.6) is 0 Å². The Morgan fingerprint density at radius 2 is 1.78 bits per heavy atom. The minimum atomic E-state index is -0.00425. The highest BCUT2D eigenvalue weighted by atomic mass is 16.5. The van der Waals surface area contributed by atoms with Crippen molar-refractivity contribution in [3.05, 3.63) is 58.8 Å². The second-order valence-corrected chi connectivity index (χ2v) is 6.05. The number of carbonyl (C=O) groups excluding carboxylic acids is 1. The van der Waals surface area contributed by atoms with Gasteiger partial charge in [0.15, 0.2) is 5.58 Å². The molecule has 118 valence electrons. The number of carbonyl (C=O) groups is 1. The highest BCUT2D eigenvalue weighted by Crippen LogP contribution is 2.23. The summed E-state index contributed by atoms with van der Waals surface area (Å²) in [6.45, 7) is 6.04. The number of fused-ring (bicyclic) bond motifs is 1. The standard InChI is InChI=1S/C19H20N2O2/c1-12-6-8-18-15(9-12)16(20-23-18)11-19(22)21(4)17-10-13(2)5-7-14(17)3/h5-10H,11H2,1-4H3. The lowest BCUT2D eigenvalue weighted by Crippen LogP contribution is -2.28. The predicted octanol–water partition coefficient (Wildman–Crippen LogP) is 3.96. The Bertz CT molecular complexity index is 880. The maximum Gasteiger partial charge on any atom is 0.232 e. The zero-order chi connectivity index (χ0) is 16.6. The molecule has 2 aromatic carbocycles. The fraction of sp³-hybridized carbons (Fsp3) is 0.263. The summed E-state index contributed by atoms with van der Waals surface area (Å²) in [6.07, 6.45) is 0.223. The lowest BCUT2D eigenvalue weighted by molar-refractivity contribution is -0.117. The third-order valence-corrected chi connectivity index (χ3v) is 4.12. The summed E-state index contributed by atoms with van der Waals surface area (Å²) in [5, 5.41) is 4.98. The second kappa shape index (κ2) is 5.88. The van der Waals surface area contributed by atoms with Gasteiger partial charge in [0, 0.05) is 18.1 Å². The molecule has 0 unspecified atom stereocenters. The molecule has 0 bridgehead atoms. The number of anilines is 1. The molecule has 0 aliphatic rings. The molecule has 0 saturated heterocycles. The third kappa shape index (κ3) is 2.97. The van der Waals surface area contributed by atoms with Gasteiger partial charge in [0.2, 0.25) is 5.91 Å². The molecule has 4 heteroatoms. The maximum absolute atomic E-state index is 12.6. The zero-order valence-electron chi connectivity index (χ0n) is 13.9. The number of amides is 1. The molecule has 1 amide bonds. The van der Waals surface area contributed by atoms with Gasteiger partial charge in [0.05, 0.1) is 6.42 Å². The Labute approximate surface area is 135 Å². The average Bonchev–Trinajstić information content (AvgIpc) is 2.91. The average molecular weight is 308 g/mol. The first-order chi connectivity index (χ1) is 11.0. The number of likely N-dealkylation sites (N-methyl/N-ethyl adjacent to an activating group) is 1. The molecular formula is C19H20N2O2. The number of hydrogen-bond donors (Lipinski definition) is 0. The quantitative estimate of drug-likeness (QED) is 0.736. The van der Waals surface area contributed by atoms with Crippen LogP contribution < -0.4 is 4.90 Å². The van der Waals surface area contributed by atoms with E-state index in [2.05, 4.69) is 5.16 Å². The van der Waals surface area contributed by atoms with Crippen LogP contribution in [0.3, 0.4) is 0 Å². The van der Waals surface area contributed by atoms with Gasteiger partial charge in [0.25, 0.3) is 0 Å². The van der Waals surface area contributed by atoms with Crippen LogP contribution in [0.25, 0.3) is 11.0 Å². The molecule has 3 rings (SSSR count). The SMILES string of the molecule is Cc1ccc(C)c(N(C)C(=O)Cc2noc3ccc(C)cc23)c1. The van der Waals surface area contributed by atoms with Gasteiger partial charge in [-0.3, -0.25) is 4.79 Å². The molecule has 0 spiro atoms. The molecule has 0 aliphatic carbocycles. The topological polar surface area (TPSA) is 46.3 Å². The summed E-state index contributed by atoms with van der Waals surface area (Å²) >= 11 is 0. The summed E-state index contributed by atoms with van der Waals surface area (Å²) in [5.74, 6) is -0.00425. The number of aryl methyl sites for hydroxylation is 3. The van der Waals surface area contributed by atoms with E-state index in [0.717, 1.165) is 27.8 Å². The van der Waals surface area contributed by atoms with E-state index >= 15 is 0 Å². The van der Waals surface area contributed by atoms with Crippen molar-refractivity contribution < 1.29 is 9.32 Å². The van der Waals surface area contributed by atoms with Gasteiger partial charge in [-0.05, 0) is 50.1 Å². The van der Waals surface area contributed by atoms with E-state index in [0.29, 0.717) is 11.3 Å². The molecule has 0 aliphatic heterocycles. The largest absolute Gasteiger partial charge is 0.356 e. The Morgan fingerprint density at radius 1 is 1.09 bits per heavy atom. The molecule has 0 radical (unpaired) electrons. The molecule has 0 atom stereocenters. The first-order valence-electron chi connectivity index (χ1n) is 7.64. The van der Waals surface area contributed by atoms with Gasteiger partial charge in [-0.15, -0.1) is 0 Å². The van der Waals surface area contributed by atoms with Crippen LogP contribution in [-0.2, 0) is 11.2 Å². The third-order valence-electron chi connectivity index (χ3n) is 4.12. The second-order valence-electron chi connectivity index (χ2n) is 6.05. The summed E-state index contributed by atoms with van der Waals surface area (Å²) in [4.78, 5) is 14.3. The number of hydrogen-bond acceptors (Lipinski definition) is 3. The molecule has 23 heavy (non-hydrogen) atoms. The van der Waals surface area contributed by atoms with Crippen molar-refractivity contribution in [3.63, 3.8) is 0 Å². The van der Waals surface area contributed by atoms with Crippen molar-refractivity contribution in [3.8, 4) is 0 Å². The smallest absolute Gasteiger partial charge is 0.232 e. The van der Waals surface area contributed by atoms with E-state index in [1.54, 1.807) is 11.9 Å². The molecule has 1 heterocycles. The summed E-state index contributed by atoms with van der Waals surface area (Å²) in [5.41, 5.74) is 5.66. The number of aromatic nitrogens is 1. The molecule has 0 fully saturated rings.